The summed E-state index contributed by atoms with van der Waals surface area (Å²) < 4.78 is 5.37. The minimum atomic E-state index is -0.966. The summed E-state index contributed by atoms with van der Waals surface area (Å²) in [5, 5.41) is 5.30. The first-order valence-electron chi connectivity index (χ1n) is 9.90. The van der Waals surface area contributed by atoms with Crippen molar-refractivity contribution in [1.29, 1.82) is 0 Å². The second-order valence-corrected chi connectivity index (χ2v) is 7.45. The van der Waals surface area contributed by atoms with E-state index >= 15 is 0 Å². The zero-order valence-corrected chi connectivity index (χ0v) is 17.8. The molecule has 2 rings (SSSR count). The highest BCUT2D eigenvalue weighted by Gasteiger charge is 2.30. The fourth-order valence-corrected chi connectivity index (χ4v) is 2.87. The Bertz CT molecular complexity index is 840. The number of rotatable bonds is 8. The predicted octanol–water partition coefficient (Wildman–Crippen LogP) is 3.42. The fourth-order valence-electron chi connectivity index (χ4n) is 2.87. The molecule has 3 amide bonds. The maximum atomic E-state index is 12.6. The van der Waals surface area contributed by atoms with Gasteiger partial charge in [0.15, 0.2) is 6.10 Å². The highest BCUT2D eigenvalue weighted by atomic mass is 16.5. The summed E-state index contributed by atoms with van der Waals surface area (Å²) in [6, 6.07) is 17.1. The Balaban J connectivity index is 1.92. The number of amides is 3. The van der Waals surface area contributed by atoms with Crippen molar-refractivity contribution in [1.82, 2.24) is 10.2 Å². The molecular formula is C23H29N3O4. The van der Waals surface area contributed by atoms with Gasteiger partial charge in [-0.1, -0.05) is 62.4 Å². The first kappa shape index (κ1) is 22.9. The van der Waals surface area contributed by atoms with Crippen molar-refractivity contribution in [3.63, 3.8) is 0 Å². The molecule has 0 heterocycles. The van der Waals surface area contributed by atoms with E-state index in [1.54, 1.807) is 45.2 Å². The fraction of sp³-hybridized carbons (Fsp3) is 0.348. The lowest BCUT2D eigenvalue weighted by molar-refractivity contribution is -0.161. The van der Waals surface area contributed by atoms with E-state index in [1.807, 2.05) is 36.4 Å². The van der Waals surface area contributed by atoms with Gasteiger partial charge in [-0.2, -0.15) is 0 Å². The molecule has 0 radical (unpaired) electrons. The van der Waals surface area contributed by atoms with Gasteiger partial charge in [0.1, 0.15) is 6.04 Å². The average molecular weight is 412 g/mol. The zero-order valence-electron chi connectivity index (χ0n) is 17.8. The molecule has 30 heavy (non-hydrogen) atoms. The number of anilines is 1. The summed E-state index contributed by atoms with van der Waals surface area (Å²) >= 11 is 0. The Hall–Kier alpha value is -3.35. The summed E-state index contributed by atoms with van der Waals surface area (Å²) in [6.45, 7) is 5.53. The SMILES string of the molecule is CC(C)[C@H](NC(=O)Nc1ccccc1)C(=O)O[C@@H](C)C(=O)N(C)Cc1ccccc1. The van der Waals surface area contributed by atoms with Gasteiger partial charge in [0.2, 0.25) is 0 Å². The normalized spacial score (nSPS) is 12.6. The molecule has 0 aliphatic heterocycles. The van der Waals surface area contributed by atoms with Gasteiger partial charge in [0.05, 0.1) is 0 Å². The van der Waals surface area contributed by atoms with Crippen LogP contribution in [-0.4, -0.2) is 42.0 Å². The van der Waals surface area contributed by atoms with Crippen LogP contribution in [0.3, 0.4) is 0 Å². The van der Waals surface area contributed by atoms with E-state index in [1.165, 1.54) is 11.8 Å². The number of carbonyl (C=O) groups is 3. The zero-order chi connectivity index (χ0) is 22.1. The van der Waals surface area contributed by atoms with Gasteiger partial charge >= 0.3 is 12.0 Å². The lowest BCUT2D eigenvalue weighted by atomic mass is 10.0. The van der Waals surface area contributed by atoms with E-state index in [-0.39, 0.29) is 11.8 Å². The third-order valence-electron chi connectivity index (χ3n) is 4.52. The highest BCUT2D eigenvalue weighted by molar-refractivity contribution is 5.93. The molecule has 0 saturated heterocycles. The first-order chi connectivity index (χ1) is 14.3. The van der Waals surface area contributed by atoms with E-state index in [2.05, 4.69) is 10.6 Å². The monoisotopic (exact) mass is 411 g/mol. The molecule has 0 fully saturated rings. The van der Waals surface area contributed by atoms with E-state index < -0.39 is 24.1 Å². The molecule has 160 valence electrons. The van der Waals surface area contributed by atoms with Gasteiger partial charge in [0.25, 0.3) is 5.91 Å². The van der Waals surface area contributed by atoms with E-state index in [4.69, 9.17) is 4.74 Å². The van der Waals surface area contributed by atoms with Crippen molar-refractivity contribution in [2.75, 3.05) is 12.4 Å². The van der Waals surface area contributed by atoms with Gasteiger partial charge in [-0.3, -0.25) is 4.79 Å². The van der Waals surface area contributed by atoms with Gasteiger partial charge in [-0.05, 0) is 30.5 Å². The van der Waals surface area contributed by atoms with Crippen LogP contribution in [0.1, 0.15) is 26.3 Å². The third-order valence-corrected chi connectivity index (χ3v) is 4.52. The first-order valence-corrected chi connectivity index (χ1v) is 9.90. The van der Waals surface area contributed by atoms with Crippen molar-refractivity contribution in [2.24, 2.45) is 5.92 Å². The number of hydrogen-bond acceptors (Lipinski definition) is 4. The van der Waals surface area contributed by atoms with E-state index in [9.17, 15) is 14.4 Å². The van der Waals surface area contributed by atoms with Gasteiger partial charge in [-0.25, -0.2) is 9.59 Å². The number of likely N-dealkylation sites (N-methyl/N-ethyl adjacent to an activating group) is 1. The predicted molar refractivity (Wildman–Crippen MR) is 116 cm³/mol. The molecule has 0 aliphatic carbocycles. The molecule has 2 atom stereocenters. The molecule has 7 heteroatoms. The van der Waals surface area contributed by atoms with Gasteiger partial charge < -0.3 is 20.3 Å². The Morgan fingerprint density at radius 3 is 2.07 bits per heavy atom. The molecule has 2 aromatic carbocycles. The lowest BCUT2D eigenvalue weighted by Crippen LogP contribution is -2.49. The van der Waals surface area contributed by atoms with Crippen LogP contribution in [0.15, 0.2) is 60.7 Å². The van der Waals surface area contributed by atoms with Gasteiger partial charge in [0, 0.05) is 19.3 Å². The van der Waals surface area contributed by atoms with Crippen molar-refractivity contribution in [3.8, 4) is 0 Å². The number of esters is 1. The van der Waals surface area contributed by atoms with Crippen LogP contribution in [0.25, 0.3) is 0 Å². The standard InChI is InChI=1S/C23H29N3O4/c1-16(2)20(25-23(29)24-19-13-9-6-10-14-19)22(28)30-17(3)21(27)26(4)15-18-11-7-5-8-12-18/h5-14,16-17,20H,15H2,1-4H3,(H2,24,25,29)/t17-,20-/m0/s1. The molecular weight excluding hydrogens is 382 g/mol. The Labute approximate surface area is 177 Å². The Morgan fingerprint density at radius 1 is 0.933 bits per heavy atom. The Kier molecular flexibility index (Phi) is 8.41. The topological polar surface area (TPSA) is 87.7 Å². The number of nitrogens with zero attached hydrogens (tertiary/aromatic N) is 1. The second-order valence-electron chi connectivity index (χ2n) is 7.45. The van der Waals surface area contributed by atoms with Crippen LogP contribution in [0.4, 0.5) is 10.5 Å². The van der Waals surface area contributed by atoms with Crippen molar-refractivity contribution in [2.45, 2.75) is 39.5 Å². The molecule has 7 nitrogen and oxygen atoms in total. The largest absolute Gasteiger partial charge is 0.451 e. The summed E-state index contributed by atoms with van der Waals surface area (Å²) in [5.74, 6) is -1.19. The number of urea groups is 1. The number of hydrogen-bond donors (Lipinski definition) is 2. The molecule has 0 bridgehead atoms. The summed E-state index contributed by atoms with van der Waals surface area (Å²) in [5.41, 5.74) is 1.59. The van der Waals surface area contributed by atoms with Crippen LogP contribution >= 0.6 is 0 Å². The summed E-state index contributed by atoms with van der Waals surface area (Å²) in [6.07, 6.45) is -0.966. The summed E-state index contributed by atoms with van der Waals surface area (Å²) in [4.78, 5) is 39.0. The third kappa shape index (κ3) is 6.92. The highest BCUT2D eigenvalue weighted by Crippen LogP contribution is 2.11. The van der Waals surface area contributed by atoms with Crippen LogP contribution in [-0.2, 0) is 20.9 Å². The smallest absolute Gasteiger partial charge is 0.329 e. The maximum Gasteiger partial charge on any atom is 0.329 e. The maximum absolute atomic E-state index is 12.6. The second kappa shape index (κ2) is 11.0. The Morgan fingerprint density at radius 2 is 1.50 bits per heavy atom. The van der Waals surface area contributed by atoms with Crippen molar-refractivity contribution in [3.05, 3.63) is 66.2 Å². The summed E-state index contributed by atoms with van der Waals surface area (Å²) in [7, 11) is 1.66. The van der Waals surface area contributed by atoms with Crippen LogP contribution in [0.2, 0.25) is 0 Å². The number of para-hydroxylation sites is 1. The molecule has 0 spiro atoms. The van der Waals surface area contributed by atoms with Gasteiger partial charge in [-0.15, -0.1) is 0 Å². The molecule has 2 aromatic rings. The molecule has 0 aliphatic rings. The van der Waals surface area contributed by atoms with E-state index in [0.717, 1.165) is 5.56 Å². The quantitative estimate of drug-likeness (QED) is 0.652. The molecule has 0 aromatic heterocycles. The van der Waals surface area contributed by atoms with Crippen LogP contribution < -0.4 is 10.6 Å². The van der Waals surface area contributed by atoms with Crippen molar-refractivity contribution >= 4 is 23.6 Å². The molecule has 0 unspecified atom stereocenters. The minimum absolute atomic E-state index is 0.219. The number of benzene rings is 2. The number of nitrogens with one attached hydrogen (secondary N) is 2. The number of ether oxygens (including phenoxy) is 1. The van der Waals surface area contributed by atoms with E-state index in [0.29, 0.717) is 12.2 Å². The lowest BCUT2D eigenvalue weighted by Gasteiger charge is -2.25. The van der Waals surface area contributed by atoms with Crippen molar-refractivity contribution < 1.29 is 19.1 Å². The average Bonchev–Trinajstić information content (AvgIpc) is 2.72. The molecule has 2 N–H and O–H groups in total. The number of carbonyl (C=O) groups excluding carboxylic acids is 3. The van der Waals surface area contributed by atoms with Crippen LogP contribution in [0, 0.1) is 5.92 Å². The van der Waals surface area contributed by atoms with Crippen LogP contribution in [0.5, 0.6) is 0 Å². The molecule has 0 saturated carbocycles. The minimum Gasteiger partial charge on any atom is -0.451 e.